The number of rotatable bonds is 4. The number of thiazole rings is 1. The second-order valence-electron chi connectivity index (χ2n) is 6.48. The number of amides is 1. The summed E-state index contributed by atoms with van der Waals surface area (Å²) in [5.74, 6) is 0.855. The predicted octanol–water partition coefficient (Wildman–Crippen LogP) is 6.10. The highest BCUT2D eigenvalue weighted by atomic mass is 79.9. The fraction of sp³-hybridized carbons (Fsp3) is 0.238. The summed E-state index contributed by atoms with van der Waals surface area (Å²) >= 11 is 6.88. The van der Waals surface area contributed by atoms with Gasteiger partial charge in [-0.1, -0.05) is 28.1 Å². The van der Waals surface area contributed by atoms with Crippen molar-refractivity contribution in [3.8, 4) is 0 Å². The number of carbonyl (C=O) groups is 1. The molecule has 1 aliphatic heterocycles. The van der Waals surface area contributed by atoms with E-state index in [9.17, 15) is 4.79 Å². The second kappa shape index (κ2) is 8.17. The molecule has 0 bridgehead atoms. The topological polar surface area (TPSA) is 33.2 Å². The molecule has 1 aliphatic rings. The molecule has 4 rings (SSSR count). The van der Waals surface area contributed by atoms with Gasteiger partial charge in [0, 0.05) is 32.7 Å². The largest absolute Gasteiger partial charge is 0.308 e. The molecule has 0 saturated heterocycles. The standard InChI is InChI=1S/C21H19BrN2OS2/c1-14-23-17(12-26-14)13-27-20-7-3-2-6-18(20)21(25)24-10-4-5-15-11-16(22)8-9-19(15)24/h2-3,6-9,11-12H,4-5,10,13H2,1H3. The van der Waals surface area contributed by atoms with Gasteiger partial charge in [-0.3, -0.25) is 4.79 Å². The third-order valence-corrected chi connectivity index (χ3v) is 6.99. The molecule has 0 atom stereocenters. The Morgan fingerprint density at radius 2 is 2.15 bits per heavy atom. The van der Waals surface area contributed by atoms with E-state index in [0.29, 0.717) is 0 Å². The van der Waals surface area contributed by atoms with Crippen LogP contribution in [0, 0.1) is 6.92 Å². The molecule has 3 aromatic rings. The Kier molecular flexibility index (Phi) is 5.66. The van der Waals surface area contributed by atoms with Crippen molar-refractivity contribution in [3.05, 3.63) is 74.1 Å². The van der Waals surface area contributed by atoms with Crippen LogP contribution in [0.4, 0.5) is 5.69 Å². The molecular formula is C21H19BrN2OS2. The third kappa shape index (κ3) is 4.13. The fourth-order valence-electron chi connectivity index (χ4n) is 3.32. The molecule has 3 nitrogen and oxygen atoms in total. The van der Waals surface area contributed by atoms with Crippen molar-refractivity contribution in [1.29, 1.82) is 0 Å². The van der Waals surface area contributed by atoms with E-state index >= 15 is 0 Å². The molecule has 138 valence electrons. The summed E-state index contributed by atoms with van der Waals surface area (Å²) < 4.78 is 1.06. The maximum absolute atomic E-state index is 13.4. The first-order chi connectivity index (χ1) is 13.1. The highest BCUT2D eigenvalue weighted by Crippen LogP contribution is 2.33. The number of benzene rings is 2. The zero-order chi connectivity index (χ0) is 18.8. The summed E-state index contributed by atoms with van der Waals surface area (Å²) in [6.07, 6.45) is 2.00. The van der Waals surface area contributed by atoms with Crippen LogP contribution in [0.25, 0.3) is 0 Å². The minimum Gasteiger partial charge on any atom is -0.308 e. The Labute approximate surface area is 176 Å². The first-order valence-electron chi connectivity index (χ1n) is 8.85. The van der Waals surface area contributed by atoms with Gasteiger partial charge in [-0.2, -0.15) is 0 Å². The highest BCUT2D eigenvalue weighted by Gasteiger charge is 2.25. The maximum atomic E-state index is 13.4. The number of thioether (sulfide) groups is 1. The Hall–Kier alpha value is -1.63. The van der Waals surface area contributed by atoms with E-state index in [1.165, 1.54) is 5.56 Å². The number of fused-ring (bicyclic) bond motifs is 1. The average molecular weight is 459 g/mol. The van der Waals surface area contributed by atoms with Crippen LogP contribution in [-0.4, -0.2) is 17.4 Å². The van der Waals surface area contributed by atoms with Gasteiger partial charge in [0.25, 0.3) is 5.91 Å². The zero-order valence-electron chi connectivity index (χ0n) is 14.9. The second-order valence-corrected chi connectivity index (χ2v) is 9.47. The van der Waals surface area contributed by atoms with Gasteiger partial charge in [-0.05, 0) is 55.7 Å². The van der Waals surface area contributed by atoms with Gasteiger partial charge in [0.2, 0.25) is 0 Å². The van der Waals surface area contributed by atoms with E-state index in [1.807, 2.05) is 48.2 Å². The molecule has 2 heterocycles. The van der Waals surface area contributed by atoms with Gasteiger partial charge in [-0.25, -0.2) is 4.98 Å². The molecule has 2 aromatic carbocycles. The van der Waals surface area contributed by atoms with E-state index in [4.69, 9.17) is 0 Å². The summed E-state index contributed by atoms with van der Waals surface area (Å²) in [4.78, 5) is 20.8. The van der Waals surface area contributed by atoms with Crippen molar-refractivity contribution in [1.82, 2.24) is 4.98 Å². The summed E-state index contributed by atoms with van der Waals surface area (Å²) in [5, 5.41) is 3.16. The van der Waals surface area contributed by atoms with Crippen LogP contribution in [0.1, 0.15) is 33.0 Å². The number of carbonyl (C=O) groups excluding carboxylic acids is 1. The molecule has 0 unspecified atom stereocenters. The molecule has 0 N–H and O–H groups in total. The van der Waals surface area contributed by atoms with Gasteiger partial charge < -0.3 is 4.90 Å². The van der Waals surface area contributed by atoms with Crippen LogP contribution < -0.4 is 4.90 Å². The van der Waals surface area contributed by atoms with Crippen molar-refractivity contribution < 1.29 is 4.79 Å². The summed E-state index contributed by atoms with van der Waals surface area (Å²) in [6, 6.07) is 14.1. The fourth-order valence-corrected chi connectivity index (χ4v) is 5.38. The van der Waals surface area contributed by atoms with E-state index in [-0.39, 0.29) is 5.91 Å². The Morgan fingerprint density at radius 1 is 1.30 bits per heavy atom. The number of nitrogens with zero attached hydrogens (tertiary/aromatic N) is 2. The molecular weight excluding hydrogens is 440 g/mol. The highest BCUT2D eigenvalue weighted by molar-refractivity contribution is 9.10. The average Bonchev–Trinajstić information content (AvgIpc) is 3.10. The first-order valence-corrected chi connectivity index (χ1v) is 11.5. The molecule has 1 amide bonds. The third-order valence-electron chi connectivity index (χ3n) is 4.56. The minimum atomic E-state index is 0.0795. The Morgan fingerprint density at radius 3 is 2.96 bits per heavy atom. The van der Waals surface area contributed by atoms with Crippen molar-refractivity contribution in [2.24, 2.45) is 0 Å². The van der Waals surface area contributed by atoms with Crippen molar-refractivity contribution in [2.45, 2.75) is 30.4 Å². The molecule has 27 heavy (non-hydrogen) atoms. The van der Waals surface area contributed by atoms with Crippen LogP contribution in [0.5, 0.6) is 0 Å². The summed E-state index contributed by atoms with van der Waals surface area (Å²) in [6.45, 7) is 2.78. The minimum absolute atomic E-state index is 0.0795. The van der Waals surface area contributed by atoms with Crippen LogP contribution in [0.15, 0.2) is 57.2 Å². The summed E-state index contributed by atoms with van der Waals surface area (Å²) in [5.41, 5.74) is 4.10. The lowest BCUT2D eigenvalue weighted by molar-refractivity contribution is 0.0982. The van der Waals surface area contributed by atoms with Crippen LogP contribution in [0.3, 0.4) is 0 Å². The number of aromatic nitrogens is 1. The van der Waals surface area contributed by atoms with Crippen LogP contribution >= 0.6 is 39.0 Å². The van der Waals surface area contributed by atoms with Crippen LogP contribution in [-0.2, 0) is 12.2 Å². The van der Waals surface area contributed by atoms with E-state index in [0.717, 1.165) is 56.5 Å². The number of hydrogen-bond acceptors (Lipinski definition) is 4. The SMILES string of the molecule is Cc1nc(CSc2ccccc2C(=O)N2CCCc3cc(Br)ccc32)cs1. The smallest absolute Gasteiger partial charge is 0.259 e. The van der Waals surface area contributed by atoms with Gasteiger partial charge in [0.15, 0.2) is 0 Å². The van der Waals surface area contributed by atoms with Crippen molar-refractivity contribution >= 4 is 50.6 Å². The summed E-state index contributed by atoms with van der Waals surface area (Å²) in [7, 11) is 0. The maximum Gasteiger partial charge on any atom is 0.259 e. The number of aryl methyl sites for hydroxylation is 2. The van der Waals surface area contributed by atoms with Gasteiger partial charge in [-0.15, -0.1) is 23.1 Å². The molecule has 0 saturated carbocycles. The van der Waals surface area contributed by atoms with Gasteiger partial charge in [0.05, 0.1) is 16.3 Å². The molecule has 1 aromatic heterocycles. The van der Waals surface area contributed by atoms with E-state index in [1.54, 1.807) is 23.1 Å². The monoisotopic (exact) mass is 458 g/mol. The molecule has 0 fully saturated rings. The Bertz CT molecular complexity index is 986. The van der Waals surface area contributed by atoms with Gasteiger partial charge >= 0.3 is 0 Å². The number of halogens is 1. The lowest BCUT2D eigenvalue weighted by Gasteiger charge is -2.30. The molecule has 6 heteroatoms. The number of anilines is 1. The Balaban J connectivity index is 1.60. The van der Waals surface area contributed by atoms with Gasteiger partial charge in [0.1, 0.15) is 0 Å². The molecule has 0 spiro atoms. The number of hydrogen-bond donors (Lipinski definition) is 0. The van der Waals surface area contributed by atoms with Crippen molar-refractivity contribution in [3.63, 3.8) is 0 Å². The van der Waals surface area contributed by atoms with Crippen molar-refractivity contribution in [2.75, 3.05) is 11.4 Å². The zero-order valence-corrected chi connectivity index (χ0v) is 18.2. The first kappa shape index (κ1) is 18.7. The predicted molar refractivity (Wildman–Crippen MR) is 117 cm³/mol. The van der Waals surface area contributed by atoms with Crippen LogP contribution in [0.2, 0.25) is 0 Å². The lowest BCUT2D eigenvalue weighted by Crippen LogP contribution is -2.35. The van der Waals surface area contributed by atoms with E-state index < -0.39 is 0 Å². The normalized spacial score (nSPS) is 13.5. The quantitative estimate of drug-likeness (QED) is 0.442. The van der Waals surface area contributed by atoms with E-state index in [2.05, 4.69) is 32.4 Å². The molecule has 0 radical (unpaired) electrons. The lowest BCUT2D eigenvalue weighted by atomic mass is 10.0. The molecule has 0 aliphatic carbocycles.